The van der Waals surface area contributed by atoms with Crippen LogP contribution in [0.4, 0.5) is 0 Å². The molecule has 0 aliphatic rings. The summed E-state index contributed by atoms with van der Waals surface area (Å²) < 4.78 is 0. The quantitative estimate of drug-likeness (QED) is 0.426. The molecule has 0 aliphatic carbocycles. The number of phenolic OH excluding ortho intramolecular Hbond substituents is 1. The molecule has 0 bridgehead atoms. The highest BCUT2D eigenvalue weighted by Gasteiger charge is 2.13. The summed E-state index contributed by atoms with van der Waals surface area (Å²) in [5.41, 5.74) is 5.08. The normalized spacial score (nSPS) is 11.4. The molecule has 0 aliphatic heterocycles. The zero-order chi connectivity index (χ0) is 19.3. The van der Waals surface area contributed by atoms with Crippen molar-refractivity contribution in [2.45, 2.75) is 0 Å². The van der Waals surface area contributed by atoms with Gasteiger partial charge in [0.1, 0.15) is 22.7 Å². The summed E-state index contributed by atoms with van der Waals surface area (Å²) >= 11 is 0. The maximum absolute atomic E-state index is 12.3. The summed E-state index contributed by atoms with van der Waals surface area (Å²) in [5, 5.41) is 15.3. The molecule has 0 saturated carbocycles. The average Bonchev–Trinajstić information content (AvgIpc) is 2.75. The smallest absolute Gasteiger partial charge is 0.289 e. The number of rotatable bonds is 4. The number of hydrogen-bond acceptors (Lipinski definition) is 5. The van der Waals surface area contributed by atoms with Crippen LogP contribution in [0.15, 0.2) is 90.2 Å². The van der Waals surface area contributed by atoms with Gasteiger partial charge in [0.25, 0.3) is 5.91 Å². The zero-order valence-corrected chi connectivity index (χ0v) is 14.8. The van der Waals surface area contributed by atoms with Crippen LogP contribution in [0.2, 0.25) is 0 Å². The summed E-state index contributed by atoms with van der Waals surface area (Å²) in [5.74, 6) is -0.332. The van der Waals surface area contributed by atoms with Gasteiger partial charge in [-0.15, -0.1) is 0 Å². The number of pyridine rings is 2. The van der Waals surface area contributed by atoms with Crippen molar-refractivity contribution in [3.63, 3.8) is 0 Å². The maximum Gasteiger partial charge on any atom is 0.289 e. The van der Waals surface area contributed by atoms with E-state index in [1.54, 1.807) is 42.6 Å². The van der Waals surface area contributed by atoms with Crippen LogP contribution in [0, 0.1) is 0 Å². The monoisotopic (exact) mass is 368 g/mol. The fourth-order valence-corrected chi connectivity index (χ4v) is 2.79. The minimum Gasteiger partial charge on any atom is -0.506 e. The van der Waals surface area contributed by atoms with Crippen LogP contribution in [0.1, 0.15) is 21.7 Å². The van der Waals surface area contributed by atoms with Crippen LogP contribution >= 0.6 is 0 Å². The Kier molecular flexibility index (Phi) is 4.76. The molecule has 6 nitrogen and oxygen atoms in total. The first-order chi connectivity index (χ1) is 13.7. The highest BCUT2D eigenvalue weighted by molar-refractivity contribution is 6.13. The molecule has 2 aromatic heterocycles. The lowest BCUT2D eigenvalue weighted by Crippen LogP contribution is -2.22. The third-order valence-electron chi connectivity index (χ3n) is 4.16. The summed E-state index contributed by atoms with van der Waals surface area (Å²) in [6, 6.07) is 23.4. The summed E-state index contributed by atoms with van der Waals surface area (Å²) in [6.45, 7) is 0. The van der Waals surface area contributed by atoms with Crippen molar-refractivity contribution in [1.82, 2.24) is 15.4 Å². The maximum atomic E-state index is 12.3. The highest BCUT2D eigenvalue weighted by Crippen LogP contribution is 2.23. The van der Waals surface area contributed by atoms with E-state index in [2.05, 4.69) is 20.5 Å². The Labute approximate surface area is 161 Å². The molecule has 28 heavy (non-hydrogen) atoms. The summed E-state index contributed by atoms with van der Waals surface area (Å²) in [4.78, 5) is 20.9. The fourth-order valence-electron chi connectivity index (χ4n) is 2.79. The van der Waals surface area contributed by atoms with Crippen molar-refractivity contribution < 1.29 is 9.90 Å². The molecular weight excluding hydrogens is 352 g/mol. The first-order valence-corrected chi connectivity index (χ1v) is 8.66. The molecule has 136 valence electrons. The first kappa shape index (κ1) is 17.4. The first-order valence-electron chi connectivity index (χ1n) is 8.66. The van der Waals surface area contributed by atoms with E-state index in [0.717, 1.165) is 10.9 Å². The molecule has 6 heteroatoms. The number of fused-ring (bicyclic) bond motifs is 1. The van der Waals surface area contributed by atoms with Gasteiger partial charge < -0.3 is 5.11 Å². The Morgan fingerprint density at radius 3 is 2.46 bits per heavy atom. The van der Waals surface area contributed by atoms with E-state index in [4.69, 9.17) is 0 Å². The van der Waals surface area contributed by atoms with E-state index in [9.17, 15) is 9.90 Å². The second-order valence-corrected chi connectivity index (χ2v) is 6.03. The zero-order valence-electron chi connectivity index (χ0n) is 14.8. The molecule has 1 amide bonds. The number of aromatic hydroxyl groups is 1. The number of para-hydroxylation sites is 1. The molecule has 0 saturated heterocycles. The third-order valence-corrected chi connectivity index (χ3v) is 4.16. The Morgan fingerprint density at radius 2 is 1.68 bits per heavy atom. The van der Waals surface area contributed by atoms with E-state index in [1.807, 2.05) is 42.5 Å². The van der Waals surface area contributed by atoms with Crippen LogP contribution in [0.3, 0.4) is 0 Å². The molecule has 0 radical (unpaired) electrons. The van der Waals surface area contributed by atoms with Crippen molar-refractivity contribution in [2.75, 3.05) is 0 Å². The summed E-state index contributed by atoms with van der Waals surface area (Å²) in [7, 11) is 0. The number of benzene rings is 2. The van der Waals surface area contributed by atoms with E-state index in [1.165, 1.54) is 0 Å². The second kappa shape index (κ2) is 7.67. The van der Waals surface area contributed by atoms with Crippen LogP contribution in [0.5, 0.6) is 5.75 Å². The van der Waals surface area contributed by atoms with Gasteiger partial charge in [0.05, 0.1) is 5.69 Å². The van der Waals surface area contributed by atoms with Gasteiger partial charge in [-0.3, -0.25) is 9.78 Å². The molecule has 0 spiro atoms. The number of hydrazone groups is 1. The number of nitrogens with zero attached hydrogens (tertiary/aromatic N) is 3. The molecule has 2 N–H and O–H groups in total. The minimum absolute atomic E-state index is 0.0873. The van der Waals surface area contributed by atoms with Crippen LogP contribution in [-0.2, 0) is 0 Å². The molecule has 2 heterocycles. The standard InChI is InChI=1S/C22H16N4O2/c27-19-11-6-9-16-12-13-17(24-21(16)19)20(15-7-2-1-3-8-15)25-26-22(28)18-10-4-5-14-23-18/h1-14,27H,(H,26,28)/b25-20+. The largest absolute Gasteiger partial charge is 0.506 e. The summed E-state index contributed by atoms with van der Waals surface area (Å²) in [6.07, 6.45) is 1.55. The van der Waals surface area contributed by atoms with E-state index >= 15 is 0 Å². The van der Waals surface area contributed by atoms with Crippen molar-refractivity contribution in [3.05, 3.63) is 102 Å². The van der Waals surface area contributed by atoms with Crippen molar-refractivity contribution >= 4 is 22.5 Å². The van der Waals surface area contributed by atoms with Gasteiger partial charge in [0.2, 0.25) is 0 Å². The van der Waals surface area contributed by atoms with Gasteiger partial charge in [0.15, 0.2) is 0 Å². The van der Waals surface area contributed by atoms with Crippen LogP contribution in [0.25, 0.3) is 10.9 Å². The van der Waals surface area contributed by atoms with Gasteiger partial charge >= 0.3 is 0 Å². The molecule has 4 aromatic rings. The Morgan fingerprint density at radius 1 is 0.857 bits per heavy atom. The molecule has 0 fully saturated rings. The minimum atomic E-state index is -0.419. The number of nitrogens with one attached hydrogen (secondary N) is 1. The Balaban J connectivity index is 1.76. The second-order valence-electron chi connectivity index (χ2n) is 6.03. The number of carbonyl (C=O) groups is 1. The number of carbonyl (C=O) groups excluding carboxylic acids is 1. The number of hydrogen-bond donors (Lipinski definition) is 2. The SMILES string of the molecule is O=C(N/N=C(\c1ccccc1)c1ccc2cccc(O)c2n1)c1ccccn1. The highest BCUT2D eigenvalue weighted by atomic mass is 16.3. The number of amides is 1. The van der Waals surface area contributed by atoms with Crippen molar-refractivity contribution in [3.8, 4) is 5.75 Å². The third kappa shape index (κ3) is 3.57. The topological polar surface area (TPSA) is 87.5 Å². The predicted molar refractivity (Wildman–Crippen MR) is 107 cm³/mol. The lowest BCUT2D eigenvalue weighted by molar-refractivity contribution is 0.0950. The van der Waals surface area contributed by atoms with Gasteiger partial charge in [-0.1, -0.05) is 54.6 Å². The van der Waals surface area contributed by atoms with E-state index in [-0.39, 0.29) is 11.4 Å². The van der Waals surface area contributed by atoms with Gasteiger partial charge in [0, 0.05) is 17.1 Å². The van der Waals surface area contributed by atoms with Gasteiger partial charge in [-0.05, 0) is 24.3 Å². The van der Waals surface area contributed by atoms with Crippen molar-refractivity contribution in [1.29, 1.82) is 0 Å². The number of aromatic nitrogens is 2. The molecule has 4 rings (SSSR count). The molecule has 0 unspecified atom stereocenters. The Bertz CT molecular complexity index is 1160. The van der Waals surface area contributed by atoms with E-state index in [0.29, 0.717) is 16.9 Å². The number of phenols is 1. The predicted octanol–water partition coefficient (Wildman–Crippen LogP) is 3.52. The fraction of sp³-hybridized carbons (Fsp3) is 0. The lowest BCUT2D eigenvalue weighted by atomic mass is 10.1. The van der Waals surface area contributed by atoms with Crippen LogP contribution in [-0.4, -0.2) is 26.7 Å². The molecular formula is C22H16N4O2. The van der Waals surface area contributed by atoms with Crippen LogP contribution < -0.4 is 5.43 Å². The average molecular weight is 368 g/mol. The van der Waals surface area contributed by atoms with Gasteiger partial charge in [-0.25, -0.2) is 10.4 Å². The molecule has 2 aromatic carbocycles. The lowest BCUT2D eigenvalue weighted by Gasteiger charge is -2.09. The van der Waals surface area contributed by atoms with Gasteiger partial charge in [-0.2, -0.15) is 5.10 Å². The van der Waals surface area contributed by atoms with E-state index < -0.39 is 5.91 Å². The van der Waals surface area contributed by atoms with Crippen molar-refractivity contribution in [2.24, 2.45) is 5.10 Å². The Hall–Kier alpha value is -4.06. The molecule has 0 atom stereocenters.